The molecule has 0 aromatic heterocycles. The van der Waals surface area contributed by atoms with Gasteiger partial charge >= 0.3 is 12.0 Å². The Balaban J connectivity index is 2.36. The molecular formula is C13H22N2O5. The fourth-order valence-electron chi connectivity index (χ4n) is 2.50. The summed E-state index contributed by atoms with van der Waals surface area (Å²) in [4.78, 5) is 35.1. The third kappa shape index (κ3) is 5.16. The summed E-state index contributed by atoms with van der Waals surface area (Å²) >= 11 is 0. The Kier molecular flexibility index (Phi) is 6.44. The van der Waals surface area contributed by atoms with Crippen molar-refractivity contribution in [2.24, 2.45) is 5.92 Å². The van der Waals surface area contributed by atoms with Crippen molar-refractivity contribution in [2.75, 3.05) is 20.3 Å². The standard InChI is InChI=1S/C13H22N2O5/c1-9-5-3-4-6-10(9)15(2)13(19)14-11(16)7-20-8-12(17)18/h9-10H,3-8H2,1-2H3,(H,17,18)(H,14,16,19). The lowest BCUT2D eigenvalue weighted by Crippen LogP contribution is -2.49. The molecule has 0 aromatic carbocycles. The van der Waals surface area contributed by atoms with E-state index in [0.29, 0.717) is 5.92 Å². The molecule has 7 nitrogen and oxygen atoms in total. The molecule has 20 heavy (non-hydrogen) atoms. The van der Waals surface area contributed by atoms with Gasteiger partial charge in [0.15, 0.2) is 0 Å². The maximum Gasteiger partial charge on any atom is 0.329 e. The lowest BCUT2D eigenvalue weighted by atomic mass is 9.85. The van der Waals surface area contributed by atoms with Crippen LogP contribution in [0.4, 0.5) is 4.79 Å². The van der Waals surface area contributed by atoms with E-state index in [1.807, 2.05) is 0 Å². The molecule has 114 valence electrons. The zero-order valence-electron chi connectivity index (χ0n) is 11.9. The van der Waals surface area contributed by atoms with Crippen molar-refractivity contribution in [3.05, 3.63) is 0 Å². The van der Waals surface area contributed by atoms with Crippen molar-refractivity contribution in [2.45, 2.75) is 38.6 Å². The Labute approximate surface area is 118 Å². The van der Waals surface area contributed by atoms with Crippen LogP contribution in [0.25, 0.3) is 0 Å². The molecule has 2 N–H and O–H groups in total. The summed E-state index contributed by atoms with van der Waals surface area (Å²) in [6.45, 7) is 1.11. The number of urea groups is 1. The molecule has 2 unspecified atom stereocenters. The lowest BCUT2D eigenvalue weighted by molar-refractivity contribution is -0.143. The summed E-state index contributed by atoms with van der Waals surface area (Å²) in [5, 5.41) is 10.6. The molecule has 3 amide bonds. The van der Waals surface area contributed by atoms with Gasteiger partial charge in [-0.1, -0.05) is 19.8 Å². The van der Waals surface area contributed by atoms with Crippen LogP contribution >= 0.6 is 0 Å². The fraction of sp³-hybridized carbons (Fsp3) is 0.769. The van der Waals surface area contributed by atoms with Gasteiger partial charge < -0.3 is 14.7 Å². The molecule has 7 heteroatoms. The number of ether oxygens (including phenoxy) is 1. The van der Waals surface area contributed by atoms with Crippen LogP contribution in [0, 0.1) is 5.92 Å². The number of rotatable bonds is 5. The molecule has 0 aliphatic heterocycles. The number of carboxylic acids is 1. The Hall–Kier alpha value is -1.63. The van der Waals surface area contributed by atoms with Gasteiger partial charge in [0.25, 0.3) is 5.91 Å². The maximum atomic E-state index is 11.9. The van der Waals surface area contributed by atoms with E-state index in [-0.39, 0.29) is 6.04 Å². The molecule has 2 atom stereocenters. The highest BCUT2D eigenvalue weighted by atomic mass is 16.5. The number of aliphatic carboxylic acids is 1. The number of hydrogen-bond donors (Lipinski definition) is 2. The van der Waals surface area contributed by atoms with Crippen LogP contribution in [0.1, 0.15) is 32.6 Å². The Morgan fingerprint density at radius 1 is 1.25 bits per heavy atom. The monoisotopic (exact) mass is 286 g/mol. The van der Waals surface area contributed by atoms with Gasteiger partial charge in [0, 0.05) is 13.1 Å². The SMILES string of the molecule is CC1CCCCC1N(C)C(=O)NC(=O)COCC(=O)O. The van der Waals surface area contributed by atoms with Crippen molar-refractivity contribution in [1.82, 2.24) is 10.2 Å². The number of hydrogen-bond acceptors (Lipinski definition) is 4. The second kappa shape index (κ2) is 7.84. The average molecular weight is 286 g/mol. The van der Waals surface area contributed by atoms with E-state index in [0.717, 1.165) is 19.3 Å². The average Bonchev–Trinajstić information content (AvgIpc) is 2.38. The number of imide groups is 1. The van der Waals surface area contributed by atoms with Crippen molar-refractivity contribution in [3.8, 4) is 0 Å². The molecule has 0 heterocycles. The van der Waals surface area contributed by atoms with E-state index in [9.17, 15) is 14.4 Å². The van der Waals surface area contributed by atoms with E-state index in [4.69, 9.17) is 5.11 Å². The van der Waals surface area contributed by atoms with Crippen LogP contribution in [0.2, 0.25) is 0 Å². The maximum absolute atomic E-state index is 11.9. The summed E-state index contributed by atoms with van der Waals surface area (Å²) in [6, 6.07) is -0.329. The zero-order valence-corrected chi connectivity index (χ0v) is 11.9. The van der Waals surface area contributed by atoms with Gasteiger partial charge in [0.1, 0.15) is 13.2 Å². The Morgan fingerprint density at radius 3 is 2.50 bits per heavy atom. The molecule has 0 aromatic rings. The number of amides is 3. The molecule has 1 fully saturated rings. The third-order valence-corrected chi connectivity index (χ3v) is 3.59. The predicted octanol–water partition coefficient (Wildman–Crippen LogP) is 0.834. The normalized spacial score (nSPS) is 22.1. The fourth-order valence-corrected chi connectivity index (χ4v) is 2.50. The predicted molar refractivity (Wildman–Crippen MR) is 71.2 cm³/mol. The first kappa shape index (κ1) is 16.4. The molecule has 0 bridgehead atoms. The van der Waals surface area contributed by atoms with Crippen molar-refractivity contribution >= 4 is 17.9 Å². The van der Waals surface area contributed by atoms with E-state index in [2.05, 4.69) is 17.0 Å². The number of nitrogens with one attached hydrogen (secondary N) is 1. The Morgan fingerprint density at radius 2 is 1.90 bits per heavy atom. The minimum absolute atomic E-state index is 0.136. The smallest absolute Gasteiger partial charge is 0.329 e. The van der Waals surface area contributed by atoms with Gasteiger partial charge in [-0.05, 0) is 18.8 Å². The highest BCUT2D eigenvalue weighted by Gasteiger charge is 2.28. The van der Waals surface area contributed by atoms with Crippen LogP contribution in [-0.4, -0.2) is 54.2 Å². The van der Waals surface area contributed by atoms with Gasteiger partial charge in [-0.15, -0.1) is 0 Å². The summed E-state index contributed by atoms with van der Waals surface area (Å²) in [5.41, 5.74) is 0. The van der Waals surface area contributed by atoms with Gasteiger partial charge in [-0.25, -0.2) is 9.59 Å². The summed E-state index contributed by atoms with van der Waals surface area (Å²) in [6.07, 6.45) is 4.28. The first-order valence-electron chi connectivity index (χ1n) is 6.78. The van der Waals surface area contributed by atoms with E-state index in [1.165, 1.54) is 6.42 Å². The summed E-state index contributed by atoms with van der Waals surface area (Å²) in [7, 11) is 1.67. The first-order chi connectivity index (χ1) is 9.41. The number of carbonyl (C=O) groups is 3. The van der Waals surface area contributed by atoms with E-state index >= 15 is 0 Å². The minimum Gasteiger partial charge on any atom is -0.480 e. The highest BCUT2D eigenvalue weighted by Crippen LogP contribution is 2.27. The van der Waals surface area contributed by atoms with Crippen LogP contribution < -0.4 is 5.32 Å². The molecule has 1 aliphatic carbocycles. The second-order valence-corrected chi connectivity index (χ2v) is 5.18. The van der Waals surface area contributed by atoms with Crippen LogP contribution in [0.15, 0.2) is 0 Å². The van der Waals surface area contributed by atoms with Crippen molar-refractivity contribution < 1.29 is 24.2 Å². The number of carbonyl (C=O) groups excluding carboxylic acids is 2. The van der Waals surface area contributed by atoms with Crippen LogP contribution in [0.5, 0.6) is 0 Å². The topological polar surface area (TPSA) is 95.9 Å². The van der Waals surface area contributed by atoms with Crippen molar-refractivity contribution in [3.63, 3.8) is 0 Å². The van der Waals surface area contributed by atoms with E-state index < -0.39 is 31.1 Å². The minimum atomic E-state index is -1.16. The lowest BCUT2D eigenvalue weighted by Gasteiger charge is -2.36. The van der Waals surface area contributed by atoms with Crippen molar-refractivity contribution in [1.29, 1.82) is 0 Å². The molecule has 1 aliphatic rings. The van der Waals surface area contributed by atoms with Gasteiger partial charge in [-0.3, -0.25) is 10.1 Å². The quantitative estimate of drug-likeness (QED) is 0.780. The van der Waals surface area contributed by atoms with Gasteiger partial charge in [-0.2, -0.15) is 0 Å². The Bertz CT molecular complexity index is 372. The zero-order chi connectivity index (χ0) is 15.1. The molecular weight excluding hydrogens is 264 g/mol. The third-order valence-electron chi connectivity index (χ3n) is 3.59. The largest absolute Gasteiger partial charge is 0.480 e. The van der Waals surface area contributed by atoms with Gasteiger partial charge in [0.05, 0.1) is 0 Å². The summed E-state index contributed by atoms with van der Waals surface area (Å²) < 4.78 is 4.62. The molecule has 1 rings (SSSR count). The van der Waals surface area contributed by atoms with E-state index in [1.54, 1.807) is 11.9 Å². The molecule has 0 saturated heterocycles. The first-order valence-corrected chi connectivity index (χ1v) is 6.78. The van der Waals surface area contributed by atoms with Gasteiger partial charge in [0.2, 0.25) is 0 Å². The molecule has 0 radical (unpaired) electrons. The second-order valence-electron chi connectivity index (χ2n) is 5.18. The number of nitrogens with zero attached hydrogens (tertiary/aromatic N) is 1. The number of carboxylic acid groups (broad SMARTS) is 1. The summed E-state index contributed by atoms with van der Waals surface area (Å²) in [5.74, 6) is -1.37. The molecule has 0 spiro atoms. The van der Waals surface area contributed by atoms with Crippen LogP contribution in [-0.2, 0) is 14.3 Å². The van der Waals surface area contributed by atoms with Crippen LogP contribution in [0.3, 0.4) is 0 Å². The molecule has 1 saturated carbocycles. The highest BCUT2D eigenvalue weighted by molar-refractivity contribution is 5.95.